The van der Waals surface area contributed by atoms with Crippen LogP contribution in [0.2, 0.25) is 0 Å². The van der Waals surface area contributed by atoms with Crippen LogP contribution in [0.25, 0.3) is 0 Å². The Bertz CT molecular complexity index is 843. The number of hydrogen-bond acceptors (Lipinski definition) is 3. The molecule has 0 aliphatic carbocycles. The number of nitrogen functional groups attached to an aromatic ring is 1. The Morgan fingerprint density at radius 1 is 0.840 bits per heavy atom. The molecule has 0 spiro atoms. The van der Waals surface area contributed by atoms with Crippen LogP contribution in [-0.2, 0) is 11.8 Å². The van der Waals surface area contributed by atoms with Gasteiger partial charge in [0.1, 0.15) is 5.41 Å². The minimum atomic E-state index is -1.00. The van der Waals surface area contributed by atoms with Gasteiger partial charge in [-0.2, -0.15) is 5.26 Å². The summed E-state index contributed by atoms with van der Waals surface area (Å²) in [6.45, 7) is 0.0177. The molecule has 3 rings (SSSR count). The standard InChI is InChI=1S/C22H20N2O/c23-16-22(18-9-3-1-4-10-18,19-11-5-2-6-12-19)20-13-7-8-17(14-15-25)21(20)24/h1-13,25H,14-15,24H2. The number of rotatable bonds is 5. The summed E-state index contributed by atoms with van der Waals surface area (Å²) in [5, 5.41) is 19.6. The zero-order valence-electron chi connectivity index (χ0n) is 13.9. The molecule has 0 aliphatic heterocycles. The third kappa shape index (κ3) is 2.88. The molecule has 0 saturated carbocycles. The van der Waals surface area contributed by atoms with E-state index in [1.165, 1.54) is 0 Å². The van der Waals surface area contributed by atoms with Crippen LogP contribution in [0.3, 0.4) is 0 Å². The summed E-state index contributed by atoms with van der Waals surface area (Å²) in [6, 6.07) is 27.6. The second kappa shape index (κ2) is 7.21. The topological polar surface area (TPSA) is 70.0 Å². The molecular formula is C22H20N2O. The van der Waals surface area contributed by atoms with Crippen molar-refractivity contribution in [2.75, 3.05) is 12.3 Å². The van der Waals surface area contributed by atoms with E-state index in [4.69, 9.17) is 5.73 Å². The van der Waals surface area contributed by atoms with Crippen LogP contribution in [0, 0.1) is 11.3 Å². The normalized spacial score (nSPS) is 11.0. The van der Waals surface area contributed by atoms with Gasteiger partial charge in [0.05, 0.1) is 6.07 Å². The molecule has 0 aromatic heterocycles. The molecule has 3 heteroatoms. The van der Waals surface area contributed by atoms with Gasteiger partial charge in [-0.05, 0) is 23.1 Å². The number of aliphatic hydroxyl groups excluding tert-OH is 1. The highest BCUT2D eigenvalue weighted by molar-refractivity contribution is 5.67. The monoisotopic (exact) mass is 328 g/mol. The van der Waals surface area contributed by atoms with Crippen LogP contribution < -0.4 is 5.73 Å². The maximum atomic E-state index is 10.3. The molecule has 0 atom stereocenters. The second-order valence-electron chi connectivity index (χ2n) is 5.95. The molecule has 0 radical (unpaired) electrons. The number of nitrogens with zero attached hydrogens (tertiary/aromatic N) is 1. The third-order valence-electron chi connectivity index (χ3n) is 4.56. The van der Waals surface area contributed by atoms with Crippen LogP contribution in [0.5, 0.6) is 0 Å². The molecule has 3 nitrogen and oxygen atoms in total. The molecule has 0 bridgehead atoms. The Morgan fingerprint density at radius 2 is 1.40 bits per heavy atom. The summed E-state index contributed by atoms with van der Waals surface area (Å²) in [4.78, 5) is 0. The molecule has 0 saturated heterocycles. The summed E-state index contributed by atoms with van der Waals surface area (Å²) in [5.41, 5.74) is 9.35. The van der Waals surface area contributed by atoms with E-state index in [9.17, 15) is 10.4 Å². The molecule has 3 N–H and O–H groups in total. The largest absolute Gasteiger partial charge is 0.398 e. The number of hydrogen-bond donors (Lipinski definition) is 2. The van der Waals surface area contributed by atoms with Crippen molar-refractivity contribution in [3.8, 4) is 6.07 Å². The molecule has 124 valence electrons. The molecule has 0 fully saturated rings. The number of nitrogens with two attached hydrogens (primary N) is 1. The highest BCUT2D eigenvalue weighted by Gasteiger charge is 2.38. The first kappa shape index (κ1) is 16.8. The lowest BCUT2D eigenvalue weighted by Crippen LogP contribution is -2.29. The van der Waals surface area contributed by atoms with Crippen molar-refractivity contribution in [2.45, 2.75) is 11.8 Å². The van der Waals surface area contributed by atoms with Gasteiger partial charge >= 0.3 is 0 Å². The number of anilines is 1. The Morgan fingerprint density at radius 3 is 1.88 bits per heavy atom. The van der Waals surface area contributed by atoms with Gasteiger partial charge in [0.2, 0.25) is 0 Å². The summed E-state index contributed by atoms with van der Waals surface area (Å²) in [6.07, 6.45) is 0.463. The summed E-state index contributed by atoms with van der Waals surface area (Å²) in [5.74, 6) is 0. The average molecular weight is 328 g/mol. The Kier molecular flexibility index (Phi) is 4.83. The van der Waals surface area contributed by atoms with E-state index >= 15 is 0 Å². The van der Waals surface area contributed by atoms with Crippen LogP contribution in [0.4, 0.5) is 5.69 Å². The molecular weight excluding hydrogens is 308 g/mol. The molecule has 0 heterocycles. The number of para-hydroxylation sites is 1. The van der Waals surface area contributed by atoms with Crippen LogP contribution in [0.1, 0.15) is 22.3 Å². The first-order valence-corrected chi connectivity index (χ1v) is 8.25. The summed E-state index contributed by atoms with van der Waals surface area (Å²) in [7, 11) is 0. The molecule has 0 unspecified atom stereocenters. The van der Waals surface area contributed by atoms with Crippen molar-refractivity contribution < 1.29 is 5.11 Å². The maximum absolute atomic E-state index is 10.3. The van der Waals surface area contributed by atoms with Gasteiger partial charge in [0.15, 0.2) is 0 Å². The Balaban J connectivity index is 2.34. The van der Waals surface area contributed by atoms with Gasteiger partial charge in [0.25, 0.3) is 0 Å². The van der Waals surface area contributed by atoms with Crippen molar-refractivity contribution >= 4 is 5.69 Å². The predicted octanol–water partition coefficient (Wildman–Crippen LogP) is 3.66. The number of benzene rings is 3. The van der Waals surface area contributed by atoms with Gasteiger partial charge in [-0.25, -0.2) is 0 Å². The smallest absolute Gasteiger partial charge is 0.134 e. The van der Waals surface area contributed by atoms with E-state index in [1.54, 1.807) is 0 Å². The quantitative estimate of drug-likeness (QED) is 0.555. The van der Waals surface area contributed by atoms with Gasteiger partial charge in [-0.15, -0.1) is 0 Å². The van der Waals surface area contributed by atoms with E-state index in [0.717, 1.165) is 22.3 Å². The Hall–Kier alpha value is -3.09. The fourth-order valence-electron chi connectivity index (χ4n) is 3.32. The molecule has 0 aliphatic rings. The van der Waals surface area contributed by atoms with Crippen LogP contribution in [0.15, 0.2) is 78.9 Å². The van der Waals surface area contributed by atoms with E-state index in [1.807, 2.05) is 78.9 Å². The zero-order chi connectivity index (χ0) is 17.7. The molecule has 3 aromatic rings. The van der Waals surface area contributed by atoms with E-state index in [-0.39, 0.29) is 6.61 Å². The van der Waals surface area contributed by atoms with Crippen LogP contribution >= 0.6 is 0 Å². The van der Waals surface area contributed by atoms with Gasteiger partial charge in [-0.1, -0.05) is 78.9 Å². The highest BCUT2D eigenvalue weighted by atomic mass is 16.2. The predicted molar refractivity (Wildman–Crippen MR) is 100 cm³/mol. The zero-order valence-corrected chi connectivity index (χ0v) is 13.9. The SMILES string of the molecule is N#CC(c1ccccc1)(c1ccccc1)c1cccc(CCO)c1N. The van der Waals surface area contributed by atoms with Crippen molar-refractivity contribution in [2.24, 2.45) is 0 Å². The van der Waals surface area contributed by atoms with E-state index < -0.39 is 5.41 Å². The summed E-state index contributed by atoms with van der Waals surface area (Å²) >= 11 is 0. The van der Waals surface area contributed by atoms with Crippen molar-refractivity contribution in [3.63, 3.8) is 0 Å². The van der Waals surface area contributed by atoms with Crippen LogP contribution in [-0.4, -0.2) is 11.7 Å². The van der Waals surface area contributed by atoms with E-state index in [0.29, 0.717) is 12.1 Å². The average Bonchev–Trinajstić information content (AvgIpc) is 2.67. The number of aliphatic hydroxyl groups is 1. The van der Waals surface area contributed by atoms with Crippen molar-refractivity contribution in [1.29, 1.82) is 5.26 Å². The molecule has 0 amide bonds. The fraction of sp³-hybridized carbons (Fsp3) is 0.136. The van der Waals surface area contributed by atoms with Gasteiger partial charge < -0.3 is 10.8 Å². The fourth-order valence-corrected chi connectivity index (χ4v) is 3.32. The van der Waals surface area contributed by atoms with Crippen molar-refractivity contribution in [3.05, 3.63) is 101 Å². The lowest BCUT2D eigenvalue weighted by Gasteiger charge is -2.30. The minimum absolute atomic E-state index is 0.0177. The van der Waals surface area contributed by atoms with E-state index in [2.05, 4.69) is 6.07 Å². The Labute approximate surface area is 148 Å². The van der Waals surface area contributed by atoms with Gasteiger partial charge in [0, 0.05) is 17.9 Å². The third-order valence-corrected chi connectivity index (χ3v) is 4.56. The highest BCUT2D eigenvalue weighted by Crippen LogP contribution is 2.42. The van der Waals surface area contributed by atoms with Gasteiger partial charge in [-0.3, -0.25) is 0 Å². The summed E-state index contributed by atoms with van der Waals surface area (Å²) < 4.78 is 0. The number of nitriles is 1. The minimum Gasteiger partial charge on any atom is -0.398 e. The van der Waals surface area contributed by atoms with Crippen molar-refractivity contribution in [1.82, 2.24) is 0 Å². The lowest BCUT2D eigenvalue weighted by molar-refractivity contribution is 0.300. The first-order chi connectivity index (χ1) is 12.2. The molecule has 3 aromatic carbocycles. The first-order valence-electron chi connectivity index (χ1n) is 8.25. The second-order valence-corrected chi connectivity index (χ2v) is 5.95. The molecule has 25 heavy (non-hydrogen) atoms. The maximum Gasteiger partial charge on any atom is 0.134 e. The lowest BCUT2D eigenvalue weighted by atomic mass is 9.69.